The fourth-order valence-corrected chi connectivity index (χ4v) is 4.81. The number of allylic oxidation sites excluding steroid dienone is 4. The Morgan fingerprint density at radius 3 is 2.61 bits per heavy atom. The molecular weight excluding hydrogens is 304 g/mol. The number of nitriles is 3. The van der Waals surface area contributed by atoms with Crippen molar-refractivity contribution >= 4 is 11.3 Å². The maximum atomic E-state index is 9.84. The van der Waals surface area contributed by atoms with E-state index in [1.807, 2.05) is 17.5 Å². The molecule has 0 amide bonds. The van der Waals surface area contributed by atoms with Gasteiger partial charge in [0.1, 0.15) is 6.07 Å². The fraction of sp³-hybridized carbons (Fsp3) is 0.389. The van der Waals surface area contributed by atoms with Gasteiger partial charge in [0.25, 0.3) is 0 Å². The van der Waals surface area contributed by atoms with Gasteiger partial charge in [-0.1, -0.05) is 19.1 Å². The summed E-state index contributed by atoms with van der Waals surface area (Å²) in [4.78, 5) is 0.984. The molecule has 0 bridgehead atoms. The summed E-state index contributed by atoms with van der Waals surface area (Å²) in [5.74, 6) is 0.128. The number of nitrogens with zero attached hydrogens (tertiary/aromatic N) is 3. The molecule has 0 aromatic carbocycles. The lowest BCUT2D eigenvalue weighted by Gasteiger charge is -2.43. The monoisotopic (exact) mass is 320 g/mol. The van der Waals surface area contributed by atoms with Crippen molar-refractivity contribution < 1.29 is 0 Å². The molecule has 0 unspecified atom stereocenters. The summed E-state index contributed by atoms with van der Waals surface area (Å²) in [5, 5.41) is 31.2. The van der Waals surface area contributed by atoms with E-state index in [-0.39, 0.29) is 17.5 Å². The maximum absolute atomic E-state index is 9.84. The van der Waals surface area contributed by atoms with Gasteiger partial charge in [-0.15, -0.1) is 11.3 Å². The van der Waals surface area contributed by atoms with Gasteiger partial charge in [-0.05, 0) is 41.7 Å². The van der Waals surface area contributed by atoms with Gasteiger partial charge in [0.2, 0.25) is 0 Å². The molecule has 0 radical (unpaired) electrons. The zero-order valence-electron chi connectivity index (χ0n) is 12.8. The molecule has 3 rings (SSSR count). The van der Waals surface area contributed by atoms with Crippen LogP contribution in [0.5, 0.6) is 0 Å². The van der Waals surface area contributed by atoms with E-state index in [2.05, 4.69) is 31.2 Å². The van der Waals surface area contributed by atoms with Crippen molar-refractivity contribution in [2.75, 3.05) is 0 Å². The largest absolute Gasteiger partial charge is 0.399 e. The molecule has 0 spiro atoms. The lowest BCUT2D eigenvalue weighted by atomic mass is 9.57. The van der Waals surface area contributed by atoms with Gasteiger partial charge in [-0.25, -0.2) is 0 Å². The van der Waals surface area contributed by atoms with Crippen LogP contribution in [0, 0.1) is 51.2 Å². The van der Waals surface area contributed by atoms with Crippen LogP contribution in [0.1, 0.15) is 30.6 Å². The first kappa shape index (κ1) is 15.3. The molecule has 1 heterocycles. The maximum Gasteiger partial charge on any atom is 0.192 e. The smallest absolute Gasteiger partial charge is 0.192 e. The van der Waals surface area contributed by atoms with Crippen molar-refractivity contribution in [2.45, 2.75) is 25.7 Å². The topological polar surface area (TPSA) is 97.4 Å². The molecule has 3 atom stereocenters. The number of nitrogens with two attached hydrogens (primary N) is 1. The molecule has 0 aliphatic heterocycles. The molecule has 0 saturated heterocycles. The minimum atomic E-state index is -1.48. The van der Waals surface area contributed by atoms with E-state index in [4.69, 9.17) is 5.73 Å². The first-order valence-electron chi connectivity index (χ1n) is 7.55. The van der Waals surface area contributed by atoms with Crippen molar-refractivity contribution in [1.82, 2.24) is 0 Å². The van der Waals surface area contributed by atoms with Gasteiger partial charge in [0, 0.05) is 10.8 Å². The minimum absolute atomic E-state index is 0.0151. The quantitative estimate of drug-likeness (QED) is 0.855. The van der Waals surface area contributed by atoms with Crippen molar-refractivity contribution in [3.63, 3.8) is 0 Å². The van der Waals surface area contributed by atoms with Crippen molar-refractivity contribution in [2.24, 2.45) is 23.0 Å². The third-order valence-electron chi connectivity index (χ3n) is 4.96. The molecule has 2 N–H and O–H groups in total. The lowest BCUT2D eigenvalue weighted by Crippen LogP contribution is -2.43. The molecule has 2 aliphatic rings. The predicted molar refractivity (Wildman–Crippen MR) is 87.5 cm³/mol. The first-order chi connectivity index (χ1) is 11.1. The van der Waals surface area contributed by atoms with Crippen molar-refractivity contribution in [1.29, 1.82) is 15.8 Å². The molecule has 5 heteroatoms. The van der Waals surface area contributed by atoms with Crippen LogP contribution in [0.15, 0.2) is 40.4 Å². The first-order valence-corrected chi connectivity index (χ1v) is 8.43. The van der Waals surface area contributed by atoms with E-state index in [0.29, 0.717) is 11.5 Å². The van der Waals surface area contributed by atoms with Crippen LogP contribution in [0.3, 0.4) is 0 Å². The van der Waals surface area contributed by atoms with Gasteiger partial charge in [-0.3, -0.25) is 0 Å². The second-order valence-electron chi connectivity index (χ2n) is 6.27. The summed E-state index contributed by atoms with van der Waals surface area (Å²) in [5.41, 5.74) is 6.09. The van der Waals surface area contributed by atoms with E-state index in [1.54, 1.807) is 0 Å². The van der Waals surface area contributed by atoms with E-state index in [9.17, 15) is 15.8 Å². The molecule has 1 aromatic heterocycles. The van der Waals surface area contributed by atoms with Crippen molar-refractivity contribution in [3.05, 3.63) is 45.3 Å². The highest BCUT2D eigenvalue weighted by atomic mass is 32.1. The van der Waals surface area contributed by atoms with E-state index in [0.717, 1.165) is 23.3 Å². The molecule has 114 valence electrons. The highest BCUT2D eigenvalue weighted by Gasteiger charge is 2.54. The SMILES string of the molecule is C[C@@H]1CC=C2C(C#N)=C(N)C(C#N)(C#N)[C@@H](c3cccs3)[C@@H]2C1. The van der Waals surface area contributed by atoms with Gasteiger partial charge in [-0.2, -0.15) is 15.8 Å². The van der Waals surface area contributed by atoms with Crippen LogP contribution in [0.25, 0.3) is 0 Å². The van der Waals surface area contributed by atoms with Crippen molar-refractivity contribution in [3.8, 4) is 18.2 Å². The Balaban J connectivity index is 2.33. The third kappa shape index (κ3) is 2.07. The van der Waals surface area contributed by atoms with Gasteiger partial charge in [0.15, 0.2) is 5.41 Å². The third-order valence-corrected chi connectivity index (χ3v) is 5.92. The molecule has 4 nitrogen and oxygen atoms in total. The molecular formula is C18H16N4S. The second kappa shape index (κ2) is 5.58. The summed E-state index contributed by atoms with van der Waals surface area (Å²) in [6.07, 6.45) is 3.83. The Kier molecular flexibility index (Phi) is 3.72. The fourth-order valence-electron chi connectivity index (χ4n) is 3.85. The average molecular weight is 320 g/mol. The summed E-state index contributed by atoms with van der Waals surface area (Å²) in [6.45, 7) is 2.16. The highest BCUT2D eigenvalue weighted by molar-refractivity contribution is 7.10. The van der Waals surface area contributed by atoms with Gasteiger partial charge >= 0.3 is 0 Å². The average Bonchev–Trinajstić information content (AvgIpc) is 3.08. The summed E-state index contributed by atoms with van der Waals surface area (Å²) >= 11 is 1.54. The molecule has 23 heavy (non-hydrogen) atoms. The zero-order chi connectivity index (χ0) is 16.6. The van der Waals surface area contributed by atoms with Crippen LogP contribution >= 0.6 is 11.3 Å². The Morgan fingerprint density at radius 2 is 2.04 bits per heavy atom. The standard InChI is InChI=1S/C18H16N4S/c1-11-4-5-12-13(7-11)16(15-3-2-6-23-15)18(9-20,10-21)17(22)14(12)8-19/h2-3,5-6,11,13,16H,4,7,22H2,1H3/t11-,13-,16-/m1/s1. The molecule has 2 aliphatic carbocycles. The summed E-state index contributed by atoms with van der Waals surface area (Å²) in [7, 11) is 0. The van der Waals surface area contributed by atoms with Crippen LogP contribution in [-0.4, -0.2) is 0 Å². The summed E-state index contributed by atoms with van der Waals surface area (Å²) < 4.78 is 0. The Bertz CT molecular complexity index is 797. The van der Waals surface area contributed by atoms with Gasteiger partial charge in [0.05, 0.1) is 23.4 Å². The Hall–Kier alpha value is -2.55. The lowest BCUT2D eigenvalue weighted by molar-refractivity contribution is 0.287. The normalized spacial score (nSPS) is 28.8. The van der Waals surface area contributed by atoms with E-state index >= 15 is 0 Å². The molecule has 0 fully saturated rings. The summed E-state index contributed by atoms with van der Waals surface area (Å²) in [6, 6.07) is 10.3. The predicted octanol–water partition coefficient (Wildman–Crippen LogP) is 3.59. The van der Waals surface area contributed by atoms with Gasteiger partial charge < -0.3 is 5.73 Å². The van der Waals surface area contributed by atoms with E-state index < -0.39 is 5.41 Å². The van der Waals surface area contributed by atoms with E-state index in [1.165, 1.54) is 11.3 Å². The number of hydrogen-bond acceptors (Lipinski definition) is 5. The highest BCUT2D eigenvalue weighted by Crippen LogP contribution is 2.57. The molecule has 0 saturated carbocycles. The number of hydrogen-bond donors (Lipinski definition) is 1. The minimum Gasteiger partial charge on any atom is -0.399 e. The zero-order valence-corrected chi connectivity index (χ0v) is 13.6. The second-order valence-corrected chi connectivity index (χ2v) is 7.25. The Labute approximate surface area is 139 Å². The number of thiophene rings is 1. The van der Waals surface area contributed by atoms with Crippen LogP contribution < -0.4 is 5.73 Å². The van der Waals surface area contributed by atoms with Crippen LogP contribution in [0.4, 0.5) is 0 Å². The Morgan fingerprint density at radius 1 is 1.30 bits per heavy atom. The molecule has 1 aromatic rings. The van der Waals surface area contributed by atoms with Crippen LogP contribution in [-0.2, 0) is 0 Å². The number of rotatable bonds is 1. The van der Waals surface area contributed by atoms with Crippen LogP contribution in [0.2, 0.25) is 0 Å². The number of fused-ring (bicyclic) bond motifs is 1.